The Kier molecular flexibility index (Phi) is 5.18. The van der Waals surface area contributed by atoms with Gasteiger partial charge in [-0.05, 0) is 43.2 Å². The van der Waals surface area contributed by atoms with Gasteiger partial charge in [-0.25, -0.2) is 0 Å². The van der Waals surface area contributed by atoms with E-state index in [2.05, 4.69) is 4.90 Å². The van der Waals surface area contributed by atoms with Crippen molar-refractivity contribution in [2.45, 2.75) is 20.3 Å². The molecule has 2 saturated heterocycles. The molecule has 0 aromatic heterocycles. The molecule has 2 aromatic carbocycles. The van der Waals surface area contributed by atoms with Gasteiger partial charge in [-0.1, -0.05) is 24.3 Å². The number of para-hydroxylation sites is 2. The number of phenols is 1. The highest BCUT2D eigenvalue weighted by Crippen LogP contribution is 2.31. The molecule has 0 radical (unpaired) electrons. The zero-order valence-corrected chi connectivity index (χ0v) is 17.0. The van der Waals surface area contributed by atoms with Crippen molar-refractivity contribution in [3.63, 3.8) is 0 Å². The highest BCUT2D eigenvalue weighted by Gasteiger charge is 2.38. The summed E-state index contributed by atoms with van der Waals surface area (Å²) < 4.78 is 0. The van der Waals surface area contributed by atoms with Crippen molar-refractivity contribution in [1.82, 2.24) is 4.90 Å². The Bertz CT molecular complexity index is 935. The third-order valence-electron chi connectivity index (χ3n) is 6.15. The number of anilines is 2. The first-order chi connectivity index (χ1) is 14.0. The monoisotopic (exact) mass is 393 g/mol. The van der Waals surface area contributed by atoms with Crippen LogP contribution in [0.4, 0.5) is 11.4 Å². The van der Waals surface area contributed by atoms with E-state index < -0.39 is 0 Å². The van der Waals surface area contributed by atoms with E-state index in [1.807, 2.05) is 49.1 Å². The molecule has 1 atom stereocenters. The normalized spacial score (nSPS) is 19.7. The van der Waals surface area contributed by atoms with Crippen LogP contribution >= 0.6 is 0 Å². The first-order valence-electron chi connectivity index (χ1n) is 10.1. The summed E-state index contributed by atoms with van der Waals surface area (Å²) in [5.74, 6) is 0.0462. The van der Waals surface area contributed by atoms with E-state index in [0.717, 1.165) is 22.5 Å². The Morgan fingerprint density at radius 1 is 0.966 bits per heavy atom. The fourth-order valence-electron chi connectivity index (χ4n) is 4.29. The van der Waals surface area contributed by atoms with Crippen molar-refractivity contribution in [2.24, 2.45) is 5.92 Å². The number of nitrogens with zero attached hydrogens (tertiary/aromatic N) is 3. The zero-order valence-electron chi connectivity index (χ0n) is 17.0. The molecule has 2 aromatic rings. The predicted molar refractivity (Wildman–Crippen MR) is 113 cm³/mol. The number of aryl methyl sites for hydroxylation is 1. The number of piperazine rings is 1. The number of amides is 2. The average Bonchev–Trinajstić information content (AvgIpc) is 3.11. The maximum absolute atomic E-state index is 13.1. The fourth-order valence-corrected chi connectivity index (χ4v) is 4.29. The molecular formula is C23H27N3O3. The van der Waals surface area contributed by atoms with E-state index in [4.69, 9.17) is 0 Å². The summed E-state index contributed by atoms with van der Waals surface area (Å²) in [5.41, 5.74) is 3.95. The van der Waals surface area contributed by atoms with Gasteiger partial charge in [0.15, 0.2) is 0 Å². The van der Waals surface area contributed by atoms with Crippen LogP contribution in [-0.2, 0) is 9.59 Å². The Balaban J connectivity index is 1.40. The molecule has 4 rings (SSSR count). The predicted octanol–water partition coefficient (Wildman–Crippen LogP) is 2.71. The highest BCUT2D eigenvalue weighted by molar-refractivity contribution is 6.01. The SMILES string of the molecule is Cc1cccc(N2C[C@H](C(=O)N3CCN(c4ccccc4O)CC3)CC2=O)c1C. The molecule has 0 unspecified atom stereocenters. The second kappa shape index (κ2) is 7.78. The van der Waals surface area contributed by atoms with Crippen LogP contribution in [0.1, 0.15) is 17.5 Å². The molecule has 6 nitrogen and oxygen atoms in total. The minimum Gasteiger partial charge on any atom is -0.506 e. The summed E-state index contributed by atoms with van der Waals surface area (Å²) in [6.07, 6.45) is 0.270. The van der Waals surface area contributed by atoms with Crippen LogP contribution < -0.4 is 9.80 Å². The molecule has 6 heteroatoms. The second-order valence-corrected chi connectivity index (χ2v) is 7.93. The van der Waals surface area contributed by atoms with Gasteiger partial charge >= 0.3 is 0 Å². The number of carbonyl (C=O) groups is 2. The van der Waals surface area contributed by atoms with Crippen molar-refractivity contribution >= 4 is 23.2 Å². The minimum atomic E-state index is -0.293. The van der Waals surface area contributed by atoms with Gasteiger partial charge in [0.25, 0.3) is 0 Å². The lowest BCUT2D eigenvalue weighted by atomic mass is 10.1. The molecule has 2 fully saturated rings. The smallest absolute Gasteiger partial charge is 0.228 e. The Hall–Kier alpha value is -3.02. The molecule has 0 aliphatic carbocycles. The van der Waals surface area contributed by atoms with E-state index in [9.17, 15) is 14.7 Å². The van der Waals surface area contributed by atoms with Gasteiger partial charge < -0.3 is 19.8 Å². The highest BCUT2D eigenvalue weighted by atomic mass is 16.3. The van der Waals surface area contributed by atoms with Crippen LogP contribution in [0.25, 0.3) is 0 Å². The van der Waals surface area contributed by atoms with Gasteiger partial charge in [0, 0.05) is 44.8 Å². The Morgan fingerprint density at radius 2 is 1.66 bits per heavy atom. The van der Waals surface area contributed by atoms with Crippen LogP contribution in [0.2, 0.25) is 0 Å². The van der Waals surface area contributed by atoms with Crippen molar-refractivity contribution in [3.8, 4) is 5.75 Å². The largest absolute Gasteiger partial charge is 0.506 e. The molecule has 1 N–H and O–H groups in total. The van der Waals surface area contributed by atoms with Gasteiger partial charge in [0.1, 0.15) is 5.75 Å². The summed E-state index contributed by atoms with van der Waals surface area (Å²) in [7, 11) is 0. The number of hydrogen-bond donors (Lipinski definition) is 1. The number of rotatable bonds is 3. The van der Waals surface area contributed by atoms with E-state index in [-0.39, 0.29) is 29.9 Å². The van der Waals surface area contributed by atoms with E-state index in [0.29, 0.717) is 32.7 Å². The molecule has 0 bridgehead atoms. The third kappa shape index (κ3) is 3.67. The molecule has 2 aliphatic rings. The fraction of sp³-hybridized carbons (Fsp3) is 0.391. The van der Waals surface area contributed by atoms with Crippen LogP contribution in [0.15, 0.2) is 42.5 Å². The summed E-state index contributed by atoms with van der Waals surface area (Å²) in [4.78, 5) is 31.4. The zero-order chi connectivity index (χ0) is 20.5. The van der Waals surface area contributed by atoms with E-state index >= 15 is 0 Å². The number of phenolic OH excluding ortho intramolecular Hbond substituents is 1. The van der Waals surface area contributed by atoms with Gasteiger partial charge in [-0.2, -0.15) is 0 Å². The molecule has 2 amide bonds. The van der Waals surface area contributed by atoms with Gasteiger partial charge in [-0.15, -0.1) is 0 Å². The minimum absolute atomic E-state index is 0.0184. The lowest BCUT2D eigenvalue weighted by Crippen LogP contribution is -2.50. The van der Waals surface area contributed by atoms with Crippen molar-refractivity contribution in [3.05, 3.63) is 53.6 Å². The number of hydrogen-bond acceptors (Lipinski definition) is 4. The quantitative estimate of drug-likeness (QED) is 0.871. The summed E-state index contributed by atoms with van der Waals surface area (Å²) in [5, 5.41) is 10.1. The van der Waals surface area contributed by atoms with Crippen LogP contribution in [0, 0.1) is 19.8 Å². The van der Waals surface area contributed by atoms with Gasteiger partial charge in [-0.3, -0.25) is 9.59 Å². The van der Waals surface area contributed by atoms with Crippen LogP contribution in [-0.4, -0.2) is 54.5 Å². The van der Waals surface area contributed by atoms with E-state index in [1.54, 1.807) is 17.0 Å². The lowest BCUT2D eigenvalue weighted by molar-refractivity contribution is -0.136. The van der Waals surface area contributed by atoms with Crippen LogP contribution in [0.5, 0.6) is 5.75 Å². The molecule has 2 aliphatic heterocycles. The topological polar surface area (TPSA) is 64.1 Å². The summed E-state index contributed by atoms with van der Waals surface area (Å²) in [6, 6.07) is 13.2. The van der Waals surface area contributed by atoms with Crippen molar-refractivity contribution in [2.75, 3.05) is 42.5 Å². The molecule has 2 heterocycles. The Morgan fingerprint density at radius 3 is 2.38 bits per heavy atom. The maximum Gasteiger partial charge on any atom is 0.228 e. The van der Waals surface area contributed by atoms with E-state index in [1.165, 1.54) is 0 Å². The molecule has 0 spiro atoms. The summed E-state index contributed by atoms with van der Waals surface area (Å²) in [6.45, 7) is 7.04. The molecule has 29 heavy (non-hydrogen) atoms. The maximum atomic E-state index is 13.1. The molecule has 0 saturated carbocycles. The Labute approximate surface area is 171 Å². The van der Waals surface area contributed by atoms with Crippen molar-refractivity contribution < 1.29 is 14.7 Å². The standard InChI is InChI=1S/C23H27N3O3/c1-16-6-5-8-19(17(16)2)26-15-18(14-22(26)28)23(29)25-12-10-24(11-13-25)20-7-3-4-9-21(20)27/h3-9,18,27H,10-15H2,1-2H3/t18-/m1/s1. The first-order valence-corrected chi connectivity index (χ1v) is 10.1. The van der Waals surface area contributed by atoms with Gasteiger partial charge in [0.2, 0.25) is 11.8 Å². The number of aromatic hydroxyl groups is 1. The number of carbonyl (C=O) groups excluding carboxylic acids is 2. The first kappa shape index (κ1) is 19.3. The van der Waals surface area contributed by atoms with Gasteiger partial charge in [0.05, 0.1) is 11.6 Å². The number of benzene rings is 2. The molecular weight excluding hydrogens is 366 g/mol. The average molecular weight is 393 g/mol. The van der Waals surface area contributed by atoms with Crippen molar-refractivity contribution in [1.29, 1.82) is 0 Å². The second-order valence-electron chi connectivity index (χ2n) is 7.93. The summed E-state index contributed by atoms with van der Waals surface area (Å²) >= 11 is 0. The lowest BCUT2D eigenvalue weighted by Gasteiger charge is -2.37. The van der Waals surface area contributed by atoms with Crippen LogP contribution in [0.3, 0.4) is 0 Å². The third-order valence-corrected chi connectivity index (χ3v) is 6.15. The molecule has 152 valence electrons.